The van der Waals surface area contributed by atoms with Crippen LogP contribution in [0.1, 0.15) is 18.4 Å². The summed E-state index contributed by atoms with van der Waals surface area (Å²) in [6.45, 7) is 1.04. The summed E-state index contributed by atoms with van der Waals surface area (Å²) in [5, 5.41) is 2.50. The van der Waals surface area contributed by atoms with Crippen LogP contribution in [-0.2, 0) is 11.0 Å². The molecule has 1 fully saturated rings. The van der Waals surface area contributed by atoms with Crippen LogP contribution in [0.25, 0.3) is 0 Å². The minimum absolute atomic E-state index is 0.0967. The van der Waals surface area contributed by atoms with Crippen LogP contribution in [0.3, 0.4) is 0 Å². The number of carbonyl (C=O) groups excluding carboxylic acids is 1. The number of nitrogens with zero attached hydrogens (tertiary/aromatic N) is 1. The lowest BCUT2D eigenvalue weighted by Crippen LogP contribution is -2.24. The summed E-state index contributed by atoms with van der Waals surface area (Å²) in [7, 11) is 0. The Morgan fingerprint density at radius 1 is 1.07 bits per heavy atom. The Balaban J connectivity index is 1.74. The van der Waals surface area contributed by atoms with Crippen LogP contribution >= 0.6 is 0 Å². The number of ether oxygens (including phenoxy) is 1. The summed E-state index contributed by atoms with van der Waals surface area (Å²) in [5.41, 5.74) is -0.185. The fourth-order valence-corrected chi connectivity index (χ4v) is 2.91. The Morgan fingerprint density at radius 2 is 1.74 bits per heavy atom. The number of nitrogens with one attached hydrogen (secondary N) is 1. The molecule has 0 radical (unpaired) electrons. The third-order valence-corrected chi connectivity index (χ3v) is 4.23. The number of hydrogen-bond acceptors (Lipinski definition) is 3. The Hall–Kier alpha value is -2.77. The molecule has 4 nitrogen and oxygen atoms in total. The van der Waals surface area contributed by atoms with Crippen molar-refractivity contribution in [2.75, 3.05) is 29.9 Å². The number of hydrogen-bond donors (Lipinski definition) is 1. The topological polar surface area (TPSA) is 41.6 Å². The predicted molar refractivity (Wildman–Crippen MR) is 93.4 cm³/mol. The highest BCUT2D eigenvalue weighted by Crippen LogP contribution is 2.36. The van der Waals surface area contributed by atoms with Crippen molar-refractivity contribution in [2.24, 2.45) is 0 Å². The highest BCUT2D eigenvalue weighted by atomic mass is 19.4. The molecule has 27 heavy (non-hydrogen) atoms. The zero-order chi connectivity index (χ0) is 19.4. The average molecular weight is 382 g/mol. The van der Waals surface area contributed by atoms with Gasteiger partial charge in [-0.1, -0.05) is 0 Å². The maximum absolute atomic E-state index is 13.0. The van der Waals surface area contributed by atoms with E-state index in [4.69, 9.17) is 4.74 Å². The summed E-state index contributed by atoms with van der Waals surface area (Å²) in [6.07, 6.45) is -2.61. The Kier molecular flexibility index (Phi) is 5.53. The minimum atomic E-state index is -4.51. The first-order chi connectivity index (χ1) is 12.8. The normalized spacial score (nSPS) is 14.3. The maximum atomic E-state index is 13.0. The molecule has 1 aliphatic rings. The zero-order valence-electron chi connectivity index (χ0n) is 14.4. The molecule has 0 unspecified atom stereocenters. The van der Waals surface area contributed by atoms with Crippen LogP contribution in [0.15, 0.2) is 42.5 Å². The third kappa shape index (κ3) is 4.90. The molecular weight excluding hydrogens is 364 g/mol. The van der Waals surface area contributed by atoms with E-state index in [-0.39, 0.29) is 11.4 Å². The van der Waals surface area contributed by atoms with Gasteiger partial charge in [0.25, 0.3) is 5.91 Å². The van der Waals surface area contributed by atoms with Gasteiger partial charge in [0.15, 0.2) is 6.61 Å². The van der Waals surface area contributed by atoms with E-state index >= 15 is 0 Å². The first-order valence-corrected chi connectivity index (χ1v) is 8.47. The molecule has 0 bridgehead atoms. The molecule has 0 spiro atoms. The van der Waals surface area contributed by atoms with Crippen molar-refractivity contribution in [3.8, 4) is 5.75 Å². The monoisotopic (exact) mass is 382 g/mol. The van der Waals surface area contributed by atoms with Crippen LogP contribution < -0.4 is 15.0 Å². The van der Waals surface area contributed by atoms with Gasteiger partial charge in [0.05, 0.1) is 16.9 Å². The van der Waals surface area contributed by atoms with Crippen LogP contribution in [0.4, 0.5) is 28.9 Å². The number of halogens is 4. The number of amides is 1. The molecule has 144 valence electrons. The van der Waals surface area contributed by atoms with Crippen molar-refractivity contribution in [1.82, 2.24) is 0 Å². The van der Waals surface area contributed by atoms with Crippen LogP contribution in [0, 0.1) is 5.82 Å². The molecule has 2 aromatic rings. The van der Waals surface area contributed by atoms with Gasteiger partial charge in [-0.05, 0) is 55.3 Å². The van der Waals surface area contributed by atoms with Gasteiger partial charge in [0.2, 0.25) is 0 Å². The van der Waals surface area contributed by atoms with E-state index in [0.29, 0.717) is 5.69 Å². The summed E-state index contributed by atoms with van der Waals surface area (Å²) >= 11 is 0. The van der Waals surface area contributed by atoms with Gasteiger partial charge in [0, 0.05) is 13.1 Å². The highest BCUT2D eigenvalue weighted by Gasteiger charge is 2.32. The predicted octanol–water partition coefficient (Wildman–Crippen LogP) is 4.46. The first-order valence-electron chi connectivity index (χ1n) is 8.47. The van der Waals surface area contributed by atoms with Crippen molar-refractivity contribution in [3.63, 3.8) is 0 Å². The largest absolute Gasteiger partial charge is 0.484 e. The number of benzene rings is 2. The van der Waals surface area contributed by atoms with Crippen molar-refractivity contribution in [2.45, 2.75) is 19.0 Å². The van der Waals surface area contributed by atoms with E-state index in [1.807, 2.05) is 4.90 Å². The van der Waals surface area contributed by atoms with E-state index in [1.54, 1.807) is 0 Å². The van der Waals surface area contributed by atoms with Crippen LogP contribution in [0.5, 0.6) is 5.75 Å². The van der Waals surface area contributed by atoms with Crippen molar-refractivity contribution in [1.29, 1.82) is 0 Å². The first kappa shape index (κ1) is 19.0. The average Bonchev–Trinajstić information content (AvgIpc) is 3.15. The SMILES string of the molecule is O=C(COc1ccc(F)cc1)Nc1cc(C(F)(F)F)ccc1N1CCCC1. The second kappa shape index (κ2) is 7.85. The smallest absolute Gasteiger partial charge is 0.416 e. The van der Waals surface area contributed by atoms with Crippen molar-refractivity contribution in [3.05, 3.63) is 53.8 Å². The van der Waals surface area contributed by atoms with Gasteiger partial charge >= 0.3 is 6.18 Å². The van der Waals surface area contributed by atoms with Crippen LogP contribution in [-0.4, -0.2) is 25.6 Å². The lowest BCUT2D eigenvalue weighted by Gasteiger charge is -2.23. The van der Waals surface area contributed by atoms with E-state index in [9.17, 15) is 22.4 Å². The third-order valence-electron chi connectivity index (χ3n) is 4.23. The van der Waals surface area contributed by atoms with Gasteiger partial charge in [-0.2, -0.15) is 13.2 Å². The quantitative estimate of drug-likeness (QED) is 0.777. The Morgan fingerprint density at radius 3 is 2.37 bits per heavy atom. The van der Waals surface area contributed by atoms with Gasteiger partial charge in [-0.25, -0.2) is 4.39 Å². The van der Waals surface area contributed by atoms with Gasteiger partial charge in [-0.15, -0.1) is 0 Å². The summed E-state index contributed by atoms with van der Waals surface area (Å²) in [5.74, 6) is -0.750. The fourth-order valence-electron chi connectivity index (χ4n) is 2.91. The molecule has 1 amide bonds. The Bertz CT molecular complexity index is 800. The second-order valence-corrected chi connectivity index (χ2v) is 6.21. The molecular formula is C19H18F4N2O2. The molecule has 1 heterocycles. The van der Waals surface area contributed by atoms with E-state index in [2.05, 4.69) is 5.32 Å². The highest BCUT2D eigenvalue weighted by molar-refractivity contribution is 5.95. The fraction of sp³-hybridized carbons (Fsp3) is 0.316. The summed E-state index contributed by atoms with van der Waals surface area (Å²) in [6, 6.07) is 8.43. The molecule has 1 N–H and O–H groups in total. The molecule has 0 atom stereocenters. The van der Waals surface area contributed by atoms with E-state index in [1.165, 1.54) is 30.3 Å². The molecule has 1 saturated heterocycles. The lowest BCUT2D eigenvalue weighted by atomic mass is 10.1. The number of anilines is 2. The number of alkyl halides is 3. The molecule has 1 aliphatic heterocycles. The molecule has 8 heteroatoms. The number of rotatable bonds is 5. The van der Waals surface area contributed by atoms with Crippen molar-refractivity contribution >= 4 is 17.3 Å². The molecule has 2 aromatic carbocycles. The van der Waals surface area contributed by atoms with E-state index in [0.717, 1.165) is 38.1 Å². The Labute approximate surface area is 153 Å². The summed E-state index contributed by atoms with van der Waals surface area (Å²) in [4.78, 5) is 14.1. The van der Waals surface area contributed by atoms with Gasteiger partial charge < -0.3 is 15.0 Å². The van der Waals surface area contributed by atoms with Gasteiger partial charge in [0.1, 0.15) is 11.6 Å². The minimum Gasteiger partial charge on any atom is -0.484 e. The number of carbonyl (C=O) groups is 1. The summed E-state index contributed by atoms with van der Waals surface area (Å²) < 4.78 is 57.2. The second-order valence-electron chi connectivity index (χ2n) is 6.21. The molecule has 0 aliphatic carbocycles. The van der Waals surface area contributed by atoms with Crippen LogP contribution in [0.2, 0.25) is 0 Å². The standard InChI is InChI=1S/C19H18F4N2O2/c20-14-4-6-15(7-5-14)27-12-18(26)24-16-11-13(19(21,22)23)3-8-17(16)25-9-1-2-10-25/h3-8,11H,1-2,9-10,12H2,(H,24,26). The van der Waals surface area contributed by atoms with Crippen molar-refractivity contribution < 1.29 is 27.1 Å². The lowest BCUT2D eigenvalue weighted by molar-refractivity contribution is -0.137. The van der Waals surface area contributed by atoms with Gasteiger partial charge in [-0.3, -0.25) is 4.79 Å². The molecule has 3 rings (SSSR count). The molecule has 0 aromatic heterocycles. The maximum Gasteiger partial charge on any atom is 0.416 e. The van der Waals surface area contributed by atoms with E-state index < -0.39 is 30.1 Å². The zero-order valence-corrected chi connectivity index (χ0v) is 14.4. The molecule has 0 saturated carbocycles.